The van der Waals surface area contributed by atoms with Crippen LogP contribution in [0.1, 0.15) is 49.0 Å². The van der Waals surface area contributed by atoms with Gasteiger partial charge in [-0.3, -0.25) is 4.79 Å². The fraction of sp³-hybridized carbons (Fsp3) is 0.688. The predicted octanol–water partition coefficient (Wildman–Crippen LogP) is 2.65. The van der Waals surface area contributed by atoms with E-state index in [1.807, 2.05) is 0 Å². The summed E-state index contributed by atoms with van der Waals surface area (Å²) in [5.41, 5.74) is 0.324. The van der Waals surface area contributed by atoms with Crippen LogP contribution in [0.2, 0.25) is 5.02 Å². The lowest BCUT2D eigenvalue weighted by molar-refractivity contribution is 0.0921. The average molecular weight is 321 g/mol. The zero-order valence-electron chi connectivity index (χ0n) is 12.6. The van der Waals surface area contributed by atoms with Crippen molar-refractivity contribution >= 4 is 23.5 Å². The Kier molecular flexibility index (Phi) is 3.68. The summed E-state index contributed by atoms with van der Waals surface area (Å²) in [7, 11) is 0. The minimum absolute atomic E-state index is 0.142. The summed E-state index contributed by atoms with van der Waals surface area (Å²) in [5, 5.41) is 3.52. The Morgan fingerprint density at radius 1 is 1.23 bits per heavy atom. The molecule has 22 heavy (non-hydrogen) atoms. The number of rotatable bonds is 5. The van der Waals surface area contributed by atoms with Crippen LogP contribution in [0.3, 0.4) is 0 Å². The molecule has 2 saturated carbocycles. The summed E-state index contributed by atoms with van der Waals surface area (Å²) >= 11 is 6.17. The molecule has 4 rings (SSSR count). The Morgan fingerprint density at radius 3 is 2.45 bits per heavy atom. The molecule has 2 aliphatic carbocycles. The van der Waals surface area contributed by atoms with Gasteiger partial charge in [0.1, 0.15) is 0 Å². The van der Waals surface area contributed by atoms with Crippen molar-refractivity contribution in [3.8, 4) is 0 Å². The molecule has 6 heteroatoms. The summed E-state index contributed by atoms with van der Waals surface area (Å²) in [4.78, 5) is 23.4. The molecule has 0 atom stereocenters. The molecule has 0 aromatic carbocycles. The summed E-state index contributed by atoms with van der Waals surface area (Å²) in [5.74, 6) is 1.81. The van der Waals surface area contributed by atoms with E-state index in [-0.39, 0.29) is 5.91 Å². The minimum atomic E-state index is -0.142. The lowest BCUT2D eigenvalue weighted by Crippen LogP contribution is -2.38. The van der Waals surface area contributed by atoms with E-state index in [2.05, 4.69) is 20.2 Å². The van der Waals surface area contributed by atoms with Crippen molar-refractivity contribution in [1.82, 2.24) is 15.3 Å². The van der Waals surface area contributed by atoms with E-state index in [9.17, 15) is 4.79 Å². The number of anilines is 1. The molecule has 5 nitrogen and oxygen atoms in total. The second-order valence-corrected chi connectivity index (χ2v) is 7.14. The Balaban J connectivity index is 1.52. The molecular weight excluding hydrogens is 300 g/mol. The molecule has 118 valence electrons. The lowest BCUT2D eigenvalue weighted by Gasteiger charge is -2.19. The summed E-state index contributed by atoms with van der Waals surface area (Å²) in [6.45, 7) is 1.91. The molecule has 1 aromatic rings. The summed E-state index contributed by atoms with van der Waals surface area (Å²) in [6.07, 6.45) is 8.80. The zero-order chi connectivity index (χ0) is 15.1. The van der Waals surface area contributed by atoms with Crippen molar-refractivity contribution in [3.63, 3.8) is 0 Å². The van der Waals surface area contributed by atoms with E-state index in [1.54, 1.807) is 6.20 Å². The molecule has 3 fully saturated rings. The van der Waals surface area contributed by atoms with Gasteiger partial charge in [0.2, 0.25) is 5.95 Å². The standard InChI is InChI=1S/C16H21ClN4O/c17-12-9-18-16(21-7-1-2-8-21)20-14(12)15(22)19-13(10-3-4-10)11-5-6-11/h9-11,13H,1-8H2,(H,19,22). The highest BCUT2D eigenvalue weighted by Crippen LogP contribution is 2.44. The topological polar surface area (TPSA) is 58.1 Å². The van der Waals surface area contributed by atoms with Gasteiger partial charge in [0.15, 0.2) is 5.69 Å². The number of carbonyl (C=O) groups is 1. The number of halogens is 1. The number of amides is 1. The van der Waals surface area contributed by atoms with E-state index in [1.165, 1.54) is 25.7 Å². The molecule has 1 saturated heterocycles. The Morgan fingerprint density at radius 2 is 1.86 bits per heavy atom. The van der Waals surface area contributed by atoms with Gasteiger partial charge in [-0.05, 0) is 50.4 Å². The van der Waals surface area contributed by atoms with Crippen LogP contribution >= 0.6 is 11.6 Å². The molecular formula is C16H21ClN4O. The monoisotopic (exact) mass is 320 g/mol. The van der Waals surface area contributed by atoms with Gasteiger partial charge in [-0.15, -0.1) is 0 Å². The van der Waals surface area contributed by atoms with Crippen LogP contribution in [0.15, 0.2) is 6.20 Å². The Labute approximate surface area is 135 Å². The predicted molar refractivity (Wildman–Crippen MR) is 85.2 cm³/mol. The van der Waals surface area contributed by atoms with Crippen LogP contribution in [0.5, 0.6) is 0 Å². The summed E-state index contributed by atoms with van der Waals surface area (Å²) < 4.78 is 0. The number of nitrogens with one attached hydrogen (secondary N) is 1. The normalized spacial score (nSPS) is 21.5. The first-order valence-corrected chi connectivity index (χ1v) is 8.68. The number of hydrogen-bond donors (Lipinski definition) is 1. The first-order valence-electron chi connectivity index (χ1n) is 8.31. The van der Waals surface area contributed by atoms with Crippen LogP contribution in [0, 0.1) is 11.8 Å². The van der Waals surface area contributed by atoms with Crippen molar-refractivity contribution in [2.45, 2.75) is 44.6 Å². The minimum Gasteiger partial charge on any atom is -0.347 e. The SMILES string of the molecule is O=C(NC(C1CC1)C1CC1)c1nc(N2CCCC2)ncc1Cl. The third kappa shape index (κ3) is 2.91. The van der Waals surface area contributed by atoms with Crippen molar-refractivity contribution in [1.29, 1.82) is 0 Å². The second kappa shape index (κ2) is 5.69. The first kappa shape index (κ1) is 14.2. The smallest absolute Gasteiger partial charge is 0.271 e. The van der Waals surface area contributed by atoms with Crippen molar-refractivity contribution in [2.75, 3.05) is 18.0 Å². The first-order chi connectivity index (χ1) is 10.7. The number of hydrogen-bond acceptors (Lipinski definition) is 4. The van der Waals surface area contributed by atoms with Gasteiger partial charge in [0, 0.05) is 19.1 Å². The molecule has 0 bridgehead atoms. The van der Waals surface area contributed by atoms with E-state index in [4.69, 9.17) is 11.6 Å². The van der Waals surface area contributed by atoms with E-state index in [0.29, 0.717) is 34.5 Å². The van der Waals surface area contributed by atoms with Crippen LogP contribution in [-0.4, -0.2) is 35.0 Å². The van der Waals surface area contributed by atoms with Crippen LogP contribution in [0.25, 0.3) is 0 Å². The summed E-state index contributed by atoms with van der Waals surface area (Å²) in [6, 6.07) is 0.314. The van der Waals surface area contributed by atoms with Gasteiger partial charge in [-0.1, -0.05) is 11.6 Å². The van der Waals surface area contributed by atoms with Crippen molar-refractivity contribution in [3.05, 3.63) is 16.9 Å². The quantitative estimate of drug-likeness (QED) is 0.906. The molecule has 3 aliphatic rings. The van der Waals surface area contributed by atoms with Gasteiger partial charge < -0.3 is 10.2 Å². The number of aromatic nitrogens is 2. The van der Waals surface area contributed by atoms with Gasteiger partial charge in [0.25, 0.3) is 5.91 Å². The third-order valence-corrected chi connectivity index (χ3v) is 5.17. The lowest BCUT2D eigenvalue weighted by atomic mass is 10.1. The van der Waals surface area contributed by atoms with Gasteiger partial charge >= 0.3 is 0 Å². The van der Waals surface area contributed by atoms with Crippen molar-refractivity contribution in [2.24, 2.45) is 11.8 Å². The van der Waals surface area contributed by atoms with E-state index < -0.39 is 0 Å². The molecule has 0 radical (unpaired) electrons. The molecule has 0 spiro atoms. The number of carbonyl (C=O) groups excluding carboxylic acids is 1. The van der Waals surface area contributed by atoms with Gasteiger partial charge in [-0.25, -0.2) is 9.97 Å². The fourth-order valence-electron chi connectivity index (χ4n) is 3.34. The maximum Gasteiger partial charge on any atom is 0.271 e. The van der Waals surface area contributed by atoms with Crippen molar-refractivity contribution < 1.29 is 4.79 Å². The highest BCUT2D eigenvalue weighted by Gasteiger charge is 2.42. The second-order valence-electron chi connectivity index (χ2n) is 6.73. The van der Waals surface area contributed by atoms with Crippen LogP contribution in [0.4, 0.5) is 5.95 Å². The van der Waals surface area contributed by atoms with E-state index in [0.717, 1.165) is 25.9 Å². The molecule has 1 aliphatic heterocycles. The Bertz CT molecular complexity index is 568. The molecule has 0 unspecified atom stereocenters. The van der Waals surface area contributed by atoms with E-state index >= 15 is 0 Å². The molecule has 2 heterocycles. The number of nitrogens with zero attached hydrogens (tertiary/aromatic N) is 3. The largest absolute Gasteiger partial charge is 0.347 e. The highest BCUT2D eigenvalue weighted by atomic mass is 35.5. The maximum atomic E-state index is 12.6. The maximum absolute atomic E-state index is 12.6. The molecule has 1 amide bonds. The van der Waals surface area contributed by atoms with Gasteiger partial charge in [-0.2, -0.15) is 0 Å². The Hall–Kier alpha value is -1.36. The third-order valence-electron chi connectivity index (χ3n) is 4.89. The molecule has 1 aromatic heterocycles. The van der Waals surface area contributed by atoms with Crippen LogP contribution in [-0.2, 0) is 0 Å². The van der Waals surface area contributed by atoms with Crippen LogP contribution < -0.4 is 10.2 Å². The highest BCUT2D eigenvalue weighted by molar-refractivity contribution is 6.33. The fourth-order valence-corrected chi connectivity index (χ4v) is 3.51. The average Bonchev–Trinajstić information content (AvgIpc) is 3.45. The molecule has 1 N–H and O–H groups in total. The zero-order valence-corrected chi connectivity index (χ0v) is 13.4. The van der Waals surface area contributed by atoms with Gasteiger partial charge in [0.05, 0.1) is 11.2 Å².